The largest absolute Gasteiger partial charge is 0.489 e. The first-order valence-electron chi connectivity index (χ1n) is 10.9. The molecule has 3 aromatic rings. The third-order valence-electron chi connectivity index (χ3n) is 5.18. The second kappa shape index (κ2) is 11.7. The minimum absolute atomic E-state index is 0.0366. The first kappa shape index (κ1) is 24.5. The highest BCUT2D eigenvalue weighted by atomic mass is 32.2. The van der Waals surface area contributed by atoms with Crippen LogP contribution in [0.25, 0.3) is 6.08 Å². The molecule has 1 heterocycles. The zero-order valence-corrected chi connectivity index (χ0v) is 20.4. The number of amides is 1. The van der Waals surface area contributed by atoms with Crippen molar-refractivity contribution in [3.8, 4) is 11.5 Å². The van der Waals surface area contributed by atoms with Gasteiger partial charge in [0.15, 0.2) is 0 Å². The Bertz CT molecular complexity index is 1240. The number of nitrogens with zero attached hydrogens (tertiary/aromatic N) is 1. The van der Waals surface area contributed by atoms with Crippen molar-refractivity contribution >= 4 is 46.3 Å². The average molecular weight is 506 g/mol. The number of carbonyl (C=O) groups excluding carboxylic acids is 1. The third kappa shape index (κ3) is 6.71. The van der Waals surface area contributed by atoms with Crippen LogP contribution in [0.4, 0.5) is 0 Å². The standard InChI is InChI=1S/C27H23NO5S2/c29-25(30)13-14-28-26(31)24(35-27(28)34)16-21-15-22(32-17-19-7-3-1-4-8-19)11-12-23(21)33-18-20-9-5-2-6-10-20/h1-12,15-16H,13-14,17-18H2,(H,29,30). The molecule has 0 spiro atoms. The molecule has 0 saturated carbocycles. The summed E-state index contributed by atoms with van der Waals surface area (Å²) in [6.45, 7) is 0.808. The maximum absolute atomic E-state index is 12.9. The van der Waals surface area contributed by atoms with Crippen molar-refractivity contribution in [2.24, 2.45) is 0 Å². The summed E-state index contributed by atoms with van der Waals surface area (Å²) in [5.41, 5.74) is 2.73. The number of aliphatic carboxylic acids is 1. The minimum atomic E-state index is -0.983. The van der Waals surface area contributed by atoms with Crippen LogP contribution in [-0.2, 0) is 22.8 Å². The van der Waals surface area contributed by atoms with Crippen molar-refractivity contribution in [3.05, 3.63) is 100 Å². The number of carboxylic acid groups (broad SMARTS) is 1. The Morgan fingerprint density at radius 1 is 0.943 bits per heavy atom. The number of thiocarbonyl (C=S) groups is 1. The number of thioether (sulfide) groups is 1. The van der Waals surface area contributed by atoms with Crippen LogP contribution in [-0.4, -0.2) is 32.7 Å². The fourth-order valence-corrected chi connectivity index (χ4v) is 4.68. The molecule has 6 nitrogen and oxygen atoms in total. The van der Waals surface area contributed by atoms with Crippen molar-refractivity contribution in [1.82, 2.24) is 4.90 Å². The molecule has 35 heavy (non-hydrogen) atoms. The van der Waals surface area contributed by atoms with Crippen LogP contribution in [0, 0.1) is 0 Å². The molecule has 0 unspecified atom stereocenters. The van der Waals surface area contributed by atoms with E-state index in [1.165, 1.54) is 4.90 Å². The van der Waals surface area contributed by atoms with Crippen LogP contribution in [0.5, 0.6) is 11.5 Å². The van der Waals surface area contributed by atoms with Crippen molar-refractivity contribution < 1.29 is 24.2 Å². The minimum Gasteiger partial charge on any atom is -0.489 e. The van der Waals surface area contributed by atoms with Crippen molar-refractivity contribution in [2.75, 3.05) is 6.54 Å². The Labute approximate surface area is 213 Å². The second-order valence-corrected chi connectivity index (χ2v) is 9.40. The molecular weight excluding hydrogens is 482 g/mol. The topological polar surface area (TPSA) is 76.1 Å². The van der Waals surface area contributed by atoms with E-state index >= 15 is 0 Å². The number of carboxylic acids is 1. The highest BCUT2D eigenvalue weighted by Gasteiger charge is 2.32. The first-order chi connectivity index (χ1) is 17.0. The number of hydrogen-bond donors (Lipinski definition) is 1. The molecule has 1 saturated heterocycles. The molecule has 0 radical (unpaired) electrons. The summed E-state index contributed by atoms with van der Waals surface area (Å²) in [4.78, 5) is 25.6. The summed E-state index contributed by atoms with van der Waals surface area (Å²) in [5, 5.41) is 8.97. The zero-order chi connectivity index (χ0) is 24.6. The van der Waals surface area contributed by atoms with E-state index in [1.807, 2.05) is 78.9 Å². The zero-order valence-electron chi connectivity index (χ0n) is 18.8. The highest BCUT2D eigenvalue weighted by Crippen LogP contribution is 2.35. The van der Waals surface area contributed by atoms with E-state index in [4.69, 9.17) is 26.8 Å². The first-order valence-corrected chi connectivity index (χ1v) is 12.2. The predicted molar refractivity (Wildman–Crippen MR) is 140 cm³/mol. The van der Waals surface area contributed by atoms with E-state index in [0.717, 1.165) is 22.9 Å². The summed E-state index contributed by atoms with van der Waals surface area (Å²) in [6, 6.07) is 25.1. The summed E-state index contributed by atoms with van der Waals surface area (Å²) < 4.78 is 12.4. The van der Waals surface area contributed by atoms with Crippen LogP contribution in [0.3, 0.4) is 0 Å². The number of ether oxygens (including phenoxy) is 2. The van der Waals surface area contributed by atoms with Gasteiger partial charge in [0.1, 0.15) is 29.0 Å². The van der Waals surface area contributed by atoms with Gasteiger partial charge < -0.3 is 14.6 Å². The van der Waals surface area contributed by atoms with Gasteiger partial charge >= 0.3 is 5.97 Å². The molecule has 4 rings (SSSR count). The quantitative estimate of drug-likeness (QED) is 0.287. The van der Waals surface area contributed by atoms with Gasteiger partial charge in [-0.2, -0.15) is 0 Å². The normalized spacial score (nSPS) is 14.4. The third-order valence-corrected chi connectivity index (χ3v) is 6.55. The van der Waals surface area contributed by atoms with Crippen LogP contribution in [0.15, 0.2) is 83.8 Å². The molecule has 1 aliphatic heterocycles. The number of rotatable bonds is 10. The molecule has 8 heteroatoms. The van der Waals surface area contributed by atoms with E-state index < -0.39 is 5.97 Å². The summed E-state index contributed by atoms with van der Waals surface area (Å²) in [6.07, 6.45) is 1.55. The Hall–Kier alpha value is -3.62. The van der Waals surface area contributed by atoms with Crippen LogP contribution in [0.1, 0.15) is 23.1 Å². The average Bonchev–Trinajstić information content (AvgIpc) is 3.13. The van der Waals surface area contributed by atoms with E-state index in [9.17, 15) is 9.59 Å². The molecule has 3 aromatic carbocycles. The van der Waals surface area contributed by atoms with Crippen LogP contribution < -0.4 is 9.47 Å². The summed E-state index contributed by atoms with van der Waals surface area (Å²) >= 11 is 6.46. The predicted octanol–water partition coefficient (Wildman–Crippen LogP) is 5.52. The van der Waals surface area contributed by atoms with Gasteiger partial charge in [0, 0.05) is 12.1 Å². The summed E-state index contributed by atoms with van der Waals surface area (Å²) in [5.74, 6) is -0.0704. The van der Waals surface area contributed by atoms with Crippen molar-refractivity contribution in [1.29, 1.82) is 0 Å². The van der Waals surface area contributed by atoms with E-state index in [-0.39, 0.29) is 18.9 Å². The molecule has 1 aliphatic rings. The second-order valence-electron chi connectivity index (χ2n) is 7.73. The Morgan fingerprint density at radius 3 is 2.20 bits per heavy atom. The molecule has 1 N–H and O–H groups in total. The molecule has 0 aromatic heterocycles. The van der Waals surface area contributed by atoms with E-state index in [2.05, 4.69) is 0 Å². The number of benzene rings is 3. The maximum Gasteiger partial charge on any atom is 0.305 e. The van der Waals surface area contributed by atoms with Gasteiger partial charge in [0.05, 0.1) is 11.3 Å². The van der Waals surface area contributed by atoms with E-state index in [0.29, 0.717) is 39.5 Å². The lowest BCUT2D eigenvalue weighted by Gasteiger charge is -2.13. The molecule has 0 aliphatic carbocycles. The van der Waals surface area contributed by atoms with Gasteiger partial charge in [0.25, 0.3) is 5.91 Å². The van der Waals surface area contributed by atoms with Crippen molar-refractivity contribution in [2.45, 2.75) is 19.6 Å². The molecule has 0 bridgehead atoms. The van der Waals surface area contributed by atoms with Gasteiger partial charge in [-0.05, 0) is 35.4 Å². The van der Waals surface area contributed by atoms with Crippen LogP contribution >= 0.6 is 24.0 Å². The molecule has 1 amide bonds. The monoisotopic (exact) mass is 505 g/mol. The Morgan fingerprint density at radius 2 is 1.57 bits per heavy atom. The lowest BCUT2D eigenvalue weighted by Crippen LogP contribution is -2.30. The van der Waals surface area contributed by atoms with Gasteiger partial charge in [-0.1, -0.05) is 84.6 Å². The van der Waals surface area contributed by atoms with Gasteiger partial charge in [-0.3, -0.25) is 14.5 Å². The maximum atomic E-state index is 12.9. The number of hydrogen-bond acceptors (Lipinski definition) is 6. The molecule has 178 valence electrons. The van der Waals surface area contributed by atoms with Gasteiger partial charge in [-0.15, -0.1) is 0 Å². The number of carbonyl (C=O) groups is 2. The van der Waals surface area contributed by atoms with E-state index in [1.54, 1.807) is 6.08 Å². The van der Waals surface area contributed by atoms with Gasteiger partial charge in [0.2, 0.25) is 0 Å². The Balaban J connectivity index is 1.57. The highest BCUT2D eigenvalue weighted by molar-refractivity contribution is 8.26. The molecular formula is C27H23NO5S2. The smallest absolute Gasteiger partial charge is 0.305 e. The van der Waals surface area contributed by atoms with Crippen molar-refractivity contribution in [3.63, 3.8) is 0 Å². The fraction of sp³-hybridized carbons (Fsp3) is 0.148. The molecule has 0 atom stereocenters. The lowest BCUT2D eigenvalue weighted by atomic mass is 10.1. The fourth-order valence-electron chi connectivity index (χ4n) is 3.38. The molecule has 1 fully saturated rings. The summed E-state index contributed by atoms with van der Waals surface area (Å²) in [7, 11) is 0. The van der Waals surface area contributed by atoms with Crippen LogP contribution in [0.2, 0.25) is 0 Å². The Kier molecular flexibility index (Phi) is 8.18. The lowest BCUT2D eigenvalue weighted by molar-refractivity contribution is -0.137. The SMILES string of the molecule is O=C(O)CCN1C(=O)C(=Cc2cc(OCc3ccccc3)ccc2OCc2ccccc2)SC1=S. The van der Waals surface area contributed by atoms with Gasteiger partial charge in [-0.25, -0.2) is 0 Å².